The second-order valence-electron chi connectivity index (χ2n) is 9.64. The Hall–Kier alpha value is -2.87. The molecule has 0 spiro atoms. The average molecular weight is 470 g/mol. The summed E-state index contributed by atoms with van der Waals surface area (Å²) in [5, 5.41) is 6.35. The van der Waals surface area contributed by atoms with Crippen LogP contribution in [0, 0.1) is 6.92 Å². The third kappa shape index (κ3) is 3.90. The number of carbonyl (C=O) groups is 3. The number of aromatic nitrogens is 2. The van der Waals surface area contributed by atoms with Crippen LogP contribution in [-0.4, -0.2) is 49.8 Å². The van der Waals surface area contributed by atoms with E-state index in [1.165, 1.54) is 6.33 Å². The molecular formula is C24H28ClN5O3. The predicted molar refractivity (Wildman–Crippen MR) is 124 cm³/mol. The number of hydrogen-bond acceptors (Lipinski definition) is 4. The summed E-state index contributed by atoms with van der Waals surface area (Å²) in [7, 11) is 0. The summed E-state index contributed by atoms with van der Waals surface area (Å²) in [5.41, 5.74) is 0.664. The minimum absolute atomic E-state index is 0.00272. The van der Waals surface area contributed by atoms with Gasteiger partial charge in [-0.15, -0.1) is 0 Å². The maximum absolute atomic E-state index is 13.7. The lowest BCUT2D eigenvalue weighted by Gasteiger charge is -2.44. The molecular weight excluding hydrogens is 442 g/mol. The largest absolute Gasteiger partial charge is 0.351 e. The summed E-state index contributed by atoms with van der Waals surface area (Å²) in [6, 6.07) is 5.49. The molecule has 5 rings (SSSR count). The lowest BCUT2D eigenvalue weighted by Crippen LogP contribution is -2.65. The summed E-state index contributed by atoms with van der Waals surface area (Å²) < 4.78 is 1.64. The number of imidazole rings is 1. The Labute approximate surface area is 197 Å². The van der Waals surface area contributed by atoms with Crippen molar-refractivity contribution in [3.05, 3.63) is 46.5 Å². The van der Waals surface area contributed by atoms with Crippen LogP contribution in [0.1, 0.15) is 72.0 Å². The van der Waals surface area contributed by atoms with Gasteiger partial charge < -0.3 is 20.1 Å². The van der Waals surface area contributed by atoms with Gasteiger partial charge in [-0.25, -0.2) is 4.98 Å². The van der Waals surface area contributed by atoms with Crippen molar-refractivity contribution in [1.82, 2.24) is 19.8 Å². The topological polar surface area (TPSA) is 96.3 Å². The molecule has 2 saturated carbocycles. The fourth-order valence-electron chi connectivity index (χ4n) is 5.04. The second kappa shape index (κ2) is 8.17. The molecule has 2 aliphatic carbocycles. The molecule has 9 heteroatoms. The van der Waals surface area contributed by atoms with Gasteiger partial charge in [0.1, 0.15) is 11.2 Å². The van der Waals surface area contributed by atoms with E-state index in [-0.39, 0.29) is 41.8 Å². The maximum Gasteiger partial charge on any atom is 0.276 e. The Bertz CT molecular complexity index is 1140. The third-order valence-corrected chi connectivity index (χ3v) is 7.26. The molecule has 1 aliphatic heterocycles. The minimum Gasteiger partial charge on any atom is -0.351 e. The van der Waals surface area contributed by atoms with E-state index >= 15 is 0 Å². The van der Waals surface area contributed by atoms with Gasteiger partial charge in [0.25, 0.3) is 11.8 Å². The number of nitrogens with one attached hydrogen (secondary N) is 2. The van der Waals surface area contributed by atoms with E-state index in [1.807, 2.05) is 19.9 Å². The van der Waals surface area contributed by atoms with E-state index in [1.54, 1.807) is 21.6 Å². The average Bonchev–Trinajstić information content (AvgIpc) is 3.28. The van der Waals surface area contributed by atoms with Crippen LogP contribution >= 0.6 is 11.6 Å². The Morgan fingerprint density at radius 2 is 1.91 bits per heavy atom. The quantitative estimate of drug-likeness (QED) is 0.700. The zero-order valence-electron chi connectivity index (χ0n) is 18.9. The third-order valence-electron chi connectivity index (χ3n) is 6.95. The van der Waals surface area contributed by atoms with Crippen molar-refractivity contribution in [2.45, 2.75) is 76.5 Å². The van der Waals surface area contributed by atoms with Crippen molar-refractivity contribution in [3.8, 4) is 0 Å². The molecule has 2 fully saturated rings. The molecule has 1 aromatic heterocycles. The number of amides is 3. The summed E-state index contributed by atoms with van der Waals surface area (Å²) in [6.07, 6.45) is 7.36. The maximum atomic E-state index is 13.7. The molecule has 1 aromatic carbocycles. The number of aryl methyl sites for hydroxylation is 1. The first kappa shape index (κ1) is 21.9. The number of halogens is 1. The molecule has 0 bridgehead atoms. The molecule has 33 heavy (non-hydrogen) atoms. The number of benzene rings is 1. The molecule has 3 aliphatic rings. The molecule has 0 unspecified atom stereocenters. The molecule has 2 N–H and O–H groups in total. The molecule has 0 saturated heterocycles. The van der Waals surface area contributed by atoms with Gasteiger partial charge in [0, 0.05) is 12.1 Å². The van der Waals surface area contributed by atoms with Gasteiger partial charge >= 0.3 is 0 Å². The number of fused-ring (bicyclic) bond motifs is 1. The van der Waals surface area contributed by atoms with Crippen molar-refractivity contribution in [1.29, 1.82) is 0 Å². The standard InChI is InChI=1S/C24H28ClN5O3/c1-14-7-10-18(17(25)11-14)28-21(31)19-20-22(32)30(16-8-9-16)24(2,12-29(20)13-26-19)23(33)27-15-5-3-4-6-15/h7,10-11,13,15-16H,3-6,8-9,12H2,1-2H3,(H,27,33)(H,28,31)/t24-/m0/s1. The van der Waals surface area contributed by atoms with Crippen LogP contribution < -0.4 is 10.6 Å². The number of hydrogen-bond donors (Lipinski definition) is 2. The summed E-state index contributed by atoms with van der Waals surface area (Å²) >= 11 is 6.26. The van der Waals surface area contributed by atoms with E-state index < -0.39 is 11.4 Å². The molecule has 174 valence electrons. The van der Waals surface area contributed by atoms with Gasteiger partial charge in [0.2, 0.25) is 5.91 Å². The van der Waals surface area contributed by atoms with Crippen LogP contribution in [0.25, 0.3) is 0 Å². The highest BCUT2D eigenvalue weighted by Gasteiger charge is 2.54. The monoisotopic (exact) mass is 469 g/mol. The van der Waals surface area contributed by atoms with Crippen molar-refractivity contribution in [2.24, 2.45) is 0 Å². The van der Waals surface area contributed by atoms with Gasteiger partial charge in [0.15, 0.2) is 5.69 Å². The minimum atomic E-state index is -1.03. The number of carbonyl (C=O) groups excluding carboxylic acids is 3. The van der Waals surface area contributed by atoms with Crippen molar-refractivity contribution in [2.75, 3.05) is 5.32 Å². The van der Waals surface area contributed by atoms with Gasteiger partial charge in [0.05, 0.1) is 23.6 Å². The molecule has 8 nitrogen and oxygen atoms in total. The van der Waals surface area contributed by atoms with E-state index in [2.05, 4.69) is 15.6 Å². The van der Waals surface area contributed by atoms with Gasteiger partial charge in [-0.2, -0.15) is 0 Å². The van der Waals surface area contributed by atoms with Crippen LogP contribution in [0.3, 0.4) is 0 Å². The zero-order valence-corrected chi connectivity index (χ0v) is 19.6. The summed E-state index contributed by atoms with van der Waals surface area (Å²) in [5.74, 6) is -0.963. The second-order valence-corrected chi connectivity index (χ2v) is 10.0. The van der Waals surface area contributed by atoms with Crippen LogP contribution in [0.2, 0.25) is 5.02 Å². The normalized spacial score (nSPS) is 22.9. The fraction of sp³-hybridized carbons (Fsp3) is 0.500. The highest BCUT2D eigenvalue weighted by atomic mass is 35.5. The Morgan fingerprint density at radius 3 is 2.58 bits per heavy atom. The van der Waals surface area contributed by atoms with E-state index in [9.17, 15) is 14.4 Å². The summed E-state index contributed by atoms with van der Waals surface area (Å²) in [6.45, 7) is 3.99. The van der Waals surface area contributed by atoms with Crippen molar-refractivity contribution < 1.29 is 14.4 Å². The fourth-order valence-corrected chi connectivity index (χ4v) is 5.32. The molecule has 0 radical (unpaired) electrons. The first-order chi connectivity index (χ1) is 15.8. The SMILES string of the molecule is Cc1ccc(NC(=O)c2ncn3c2C(=O)N(C2CC2)[C@](C)(C(=O)NC2CCCC2)C3)c(Cl)c1. The van der Waals surface area contributed by atoms with E-state index in [4.69, 9.17) is 11.6 Å². The van der Waals surface area contributed by atoms with Gasteiger partial charge in [-0.1, -0.05) is 30.5 Å². The first-order valence-electron chi connectivity index (χ1n) is 11.5. The summed E-state index contributed by atoms with van der Waals surface area (Å²) in [4.78, 5) is 46.1. The van der Waals surface area contributed by atoms with Crippen molar-refractivity contribution >= 4 is 35.0 Å². The van der Waals surface area contributed by atoms with Gasteiger partial charge in [-0.05, 0) is 57.2 Å². The molecule has 3 amide bonds. The Balaban J connectivity index is 1.44. The van der Waals surface area contributed by atoms with E-state index in [0.29, 0.717) is 10.7 Å². The highest BCUT2D eigenvalue weighted by molar-refractivity contribution is 6.34. The Morgan fingerprint density at radius 1 is 1.18 bits per heavy atom. The van der Waals surface area contributed by atoms with Crippen LogP contribution in [0.5, 0.6) is 0 Å². The zero-order chi connectivity index (χ0) is 23.3. The van der Waals surface area contributed by atoms with Crippen LogP contribution in [-0.2, 0) is 11.3 Å². The first-order valence-corrected chi connectivity index (χ1v) is 11.9. The van der Waals surface area contributed by atoms with Crippen LogP contribution in [0.4, 0.5) is 5.69 Å². The molecule has 2 aromatic rings. The van der Waals surface area contributed by atoms with Crippen LogP contribution in [0.15, 0.2) is 24.5 Å². The highest BCUT2D eigenvalue weighted by Crippen LogP contribution is 2.39. The van der Waals surface area contributed by atoms with Gasteiger partial charge in [-0.3, -0.25) is 14.4 Å². The predicted octanol–water partition coefficient (Wildman–Crippen LogP) is 3.53. The van der Waals surface area contributed by atoms with E-state index in [0.717, 1.165) is 44.1 Å². The lowest BCUT2D eigenvalue weighted by molar-refractivity contribution is -0.134. The smallest absolute Gasteiger partial charge is 0.276 e. The van der Waals surface area contributed by atoms with Crippen molar-refractivity contribution in [3.63, 3.8) is 0 Å². The molecule has 2 heterocycles. The molecule has 1 atom stereocenters. The number of anilines is 1. The Kier molecular flexibility index (Phi) is 5.43. The number of rotatable bonds is 5. The lowest BCUT2D eigenvalue weighted by atomic mass is 9.93. The number of nitrogens with zero attached hydrogens (tertiary/aromatic N) is 3.